The van der Waals surface area contributed by atoms with Gasteiger partial charge in [-0.2, -0.15) is 0 Å². The van der Waals surface area contributed by atoms with Gasteiger partial charge in [0.05, 0.1) is 22.7 Å². The highest BCUT2D eigenvalue weighted by molar-refractivity contribution is 5.82. The molecule has 0 aromatic carbocycles. The lowest BCUT2D eigenvalue weighted by atomic mass is 9.61. The number of cyclic esters (lactones) is 1. The molecule has 5 heteroatoms. The molecule has 0 amide bonds. The maximum atomic E-state index is 12.3. The van der Waals surface area contributed by atoms with Crippen molar-refractivity contribution in [2.45, 2.75) is 57.3 Å². The number of aliphatic hydroxyl groups excluding tert-OH is 1. The molecule has 4 rings (SSSR count). The minimum Gasteiger partial charge on any atom is -0.464 e. The van der Waals surface area contributed by atoms with Crippen LogP contribution in [0.25, 0.3) is 0 Å². The third-order valence-electron chi connectivity index (χ3n) is 7.55. The predicted molar refractivity (Wildman–Crippen MR) is 68.8 cm³/mol. The third kappa shape index (κ3) is 0.839. The van der Waals surface area contributed by atoms with Gasteiger partial charge in [-0.05, 0) is 33.1 Å². The Bertz CT molecular complexity index is 520. The van der Waals surface area contributed by atoms with Gasteiger partial charge in [0.15, 0.2) is 0 Å². The standard InChI is InChI=1S/C15H22O5/c1-11-8-19-10(17)13(11,3)9(16)14-6-7-20-12(14,2)4-5-15(11,14)18/h9,16,18H,4-8H2,1-3H3/t9-,11-,12+,13+,14-,15+/m1/s1. The molecular weight excluding hydrogens is 260 g/mol. The van der Waals surface area contributed by atoms with E-state index in [4.69, 9.17) is 9.47 Å². The normalized spacial score (nSPS) is 64.0. The van der Waals surface area contributed by atoms with E-state index in [1.807, 2.05) is 13.8 Å². The Labute approximate surface area is 118 Å². The van der Waals surface area contributed by atoms with E-state index in [1.165, 1.54) is 0 Å². The zero-order valence-electron chi connectivity index (χ0n) is 12.2. The highest BCUT2D eigenvalue weighted by atomic mass is 16.5. The van der Waals surface area contributed by atoms with Gasteiger partial charge >= 0.3 is 5.97 Å². The summed E-state index contributed by atoms with van der Waals surface area (Å²) in [6, 6.07) is 0. The van der Waals surface area contributed by atoms with Crippen LogP contribution in [-0.4, -0.2) is 46.7 Å². The van der Waals surface area contributed by atoms with Crippen molar-refractivity contribution in [3.05, 3.63) is 0 Å². The molecule has 0 unspecified atom stereocenters. The van der Waals surface area contributed by atoms with E-state index in [-0.39, 0.29) is 12.6 Å². The van der Waals surface area contributed by atoms with Crippen molar-refractivity contribution >= 4 is 5.97 Å². The second kappa shape index (κ2) is 3.08. The molecular formula is C15H22O5. The van der Waals surface area contributed by atoms with Crippen molar-refractivity contribution in [2.75, 3.05) is 13.2 Å². The zero-order valence-corrected chi connectivity index (χ0v) is 12.2. The molecule has 2 saturated heterocycles. The Morgan fingerprint density at radius 2 is 1.90 bits per heavy atom. The van der Waals surface area contributed by atoms with Gasteiger partial charge < -0.3 is 19.7 Å². The fraction of sp³-hybridized carbons (Fsp3) is 0.933. The number of hydrogen-bond donors (Lipinski definition) is 2. The summed E-state index contributed by atoms with van der Waals surface area (Å²) in [7, 11) is 0. The summed E-state index contributed by atoms with van der Waals surface area (Å²) in [5, 5.41) is 22.7. The summed E-state index contributed by atoms with van der Waals surface area (Å²) in [5.41, 5.74) is -4.26. The van der Waals surface area contributed by atoms with Crippen LogP contribution < -0.4 is 0 Å². The number of fused-ring (bicyclic) bond motifs is 2. The highest BCUT2D eigenvalue weighted by Crippen LogP contribution is 2.78. The van der Waals surface area contributed by atoms with Crippen LogP contribution in [0, 0.1) is 16.2 Å². The average Bonchev–Trinajstić information content (AvgIpc) is 2.97. The second-order valence-electron chi connectivity index (χ2n) is 7.67. The van der Waals surface area contributed by atoms with Crippen LogP contribution in [0.1, 0.15) is 40.0 Å². The molecule has 2 aliphatic carbocycles. The quantitative estimate of drug-likeness (QED) is 0.637. The molecule has 2 saturated carbocycles. The largest absolute Gasteiger partial charge is 0.464 e. The second-order valence-corrected chi connectivity index (χ2v) is 7.67. The minimum atomic E-state index is -1.12. The molecule has 1 spiro atoms. The number of aliphatic hydroxyl groups is 2. The van der Waals surface area contributed by atoms with E-state index >= 15 is 0 Å². The van der Waals surface area contributed by atoms with Gasteiger partial charge in [-0.1, -0.05) is 6.92 Å². The molecule has 2 aliphatic heterocycles. The van der Waals surface area contributed by atoms with Gasteiger partial charge in [-0.3, -0.25) is 4.79 Å². The molecule has 0 aromatic rings. The number of carbonyl (C=O) groups excluding carboxylic acids is 1. The Morgan fingerprint density at radius 1 is 1.20 bits per heavy atom. The SMILES string of the molecule is C[C@@]12COC(=O)[C@]1(C)[C@@H](O)[C@]13CCO[C@@]1(C)CC[C@]23O. The van der Waals surface area contributed by atoms with Gasteiger partial charge in [0, 0.05) is 12.0 Å². The molecule has 2 heterocycles. The smallest absolute Gasteiger partial charge is 0.315 e. The lowest BCUT2D eigenvalue weighted by molar-refractivity contribution is -0.173. The Morgan fingerprint density at radius 3 is 2.60 bits per heavy atom. The average molecular weight is 282 g/mol. The van der Waals surface area contributed by atoms with Crippen molar-refractivity contribution in [2.24, 2.45) is 16.2 Å². The van der Waals surface area contributed by atoms with Crippen molar-refractivity contribution in [3.63, 3.8) is 0 Å². The molecule has 2 N–H and O–H groups in total. The van der Waals surface area contributed by atoms with E-state index in [9.17, 15) is 15.0 Å². The molecule has 4 fully saturated rings. The summed E-state index contributed by atoms with van der Waals surface area (Å²) < 4.78 is 11.2. The fourth-order valence-corrected chi connectivity index (χ4v) is 6.02. The summed E-state index contributed by atoms with van der Waals surface area (Å²) >= 11 is 0. The maximum Gasteiger partial charge on any atom is 0.315 e. The van der Waals surface area contributed by atoms with E-state index in [0.29, 0.717) is 25.9 Å². The number of hydrogen-bond acceptors (Lipinski definition) is 5. The lowest BCUT2D eigenvalue weighted by Gasteiger charge is -2.46. The van der Waals surface area contributed by atoms with Crippen LogP contribution >= 0.6 is 0 Å². The number of esters is 1. The Hall–Kier alpha value is -0.650. The molecule has 5 nitrogen and oxygen atoms in total. The zero-order chi connectivity index (χ0) is 14.6. The Balaban J connectivity index is 2.02. The highest BCUT2D eigenvalue weighted by Gasteiger charge is 2.89. The monoisotopic (exact) mass is 282 g/mol. The molecule has 20 heavy (non-hydrogen) atoms. The summed E-state index contributed by atoms with van der Waals surface area (Å²) in [6.07, 6.45) is 0.915. The van der Waals surface area contributed by atoms with Gasteiger partial charge in [0.1, 0.15) is 12.0 Å². The van der Waals surface area contributed by atoms with E-state index in [1.54, 1.807) is 6.92 Å². The van der Waals surface area contributed by atoms with Crippen LogP contribution in [0.5, 0.6) is 0 Å². The molecule has 6 atom stereocenters. The molecule has 4 aliphatic rings. The summed E-state index contributed by atoms with van der Waals surface area (Å²) in [6.45, 7) is 6.31. The minimum absolute atomic E-state index is 0.174. The summed E-state index contributed by atoms with van der Waals surface area (Å²) in [4.78, 5) is 12.3. The van der Waals surface area contributed by atoms with Crippen LogP contribution in [0.3, 0.4) is 0 Å². The predicted octanol–water partition coefficient (Wildman–Crippen LogP) is 0.621. The molecule has 0 radical (unpaired) electrons. The van der Waals surface area contributed by atoms with Gasteiger partial charge in [-0.15, -0.1) is 0 Å². The number of carbonyl (C=O) groups is 1. The first-order valence-corrected chi connectivity index (χ1v) is 7.41. The summed E-state index contributed by atoms with van der Waals surface area (Å²) in [5.74, 6) is -0.390. The first kappa shape index (κ1) is 13.0. The van der Waals surface area contributed by atoms with E-state index in [0.717, 1.165) is 0 Å². The number of rotatable bonds is 0. The maximum absolute atomic E-state index is 12.3. The Kier molecular flexibility index (Phi) is 2.01. The van der Waals surface area contributed by atoms with Crippen molar-refractivity contribution in [1.82, 2.24) is 0 Å². The van der Waals surface area contributed by atoms with Crippen LogP contribution in [0.4, 0.5) is 0 Å². The van der Waals surface area contributed by atoms with Gasteiger partial charge in [0.2, 0.25) is 0 Å². The lowest BCUT2D eigenvalue weighted by Crippen LogP contribution is -2.58. The first-order valence-electron chi connectivity index (χ1n) is 7.41. The van der Waals surface area contributed by atoms with Crippen LogP contribution in [0.15, 0.2) is 0 Å². The van der Waals surface area contributed by atoms with Crippen molar-refractivity contribution in [3.8, 4) is 0 Å². The molecule has 0 aromatic heterocycles. The first-order chi connectivity index (χ1) is 9.20. The molecule has 0 bridgehead atoms. The van der Waals surface area contributed by atoms with Crippen LogP contribution in [0.2, 0.25) is 0 Å². The van der Waals surface area contributed by atoms with Crippen molar-refractivity contribution < 1.29 is 24.5 Å². The van der Waals surface area contributed by atoms with Gasteiger partial charge in [-0.25, -0.2) is 0 Å². The van der Waals surface area contributed by atoms with Gasteiger partial charge in [0.25, 0.3) is 0 Å². The topological polar surface area (TPSA) is 76.0 Å². The fourth-order valence-electron chi connectivity index (χ4n) is 6.02. The van der Waals surface area contributed by atoms with E-state index in [2.05, 4.69) is 0 Å². The van der Waals surface area contributed by atoms with E-state index < -0.39 is 33.6 Å². The van der Waals surface area contributed by atoms with Crippen LogP contribution in [-0.2, 0) is 14.3 Å². The number of ether oxygens (including phenoxy) is 2. The molecule has 112 valence electrons. The van der Waals surface area contributed by atoms with Crippen molar-refractivity contribution in [1.29, 1.82) is 0 Å². The third-order valence-corrected chi connectivity index (χ3v) is 7.55.